The Balaban J connectivity index is 0. The van der Waals surface area contributed by atoms with Crippen molar-refractivity contribution in [2.45, 2.75) is 59.0 Å². The molecule has 1 saturated heterocycles. The van der Waals surface area contributed by atoms with E-state index in [1.54, 1.807) is 6.92 Å². The van der Waals surface area contributed by atoms with Crippen molar-refractivity contribution in [1.29, 1.82) is 0 Å². The minimum atomic E-state index is -0.394. The topological polar surface area (TPSA) is 91.4 Å². The van der Waals surface area contributed by atoms with Crippen LogP contribution in [-0.2, 0) is 33.3 Å². The van der Waals surface area contributed by atoms with E-state index in [1.807, 2.05) is 6.92 Å². The summed E-state index contributed by atoms with van der Waals surface area (Å²) in [4.78, 5) is 31.6. The summed E-state index contributed by atoms with van der Waals surface area (Å²) < 4.78 is 18.7. The van der Waals surface area contributed by atoms with Gasteiger partial charge in [-0.2, -0.15) is 0 Å². The number of rotatable bonds is 11. The summed E-state index contributed by atoms with van der Waals surface area (Å²) in [6.07, 6.45) is 6.46. The monoisotopic (exact) mass is 412 g/mol. The van der Waals surface area contributed by atoms with Gasteiger partial charge in [0.25, 0.3) is 0 Å². The summed E-state index contributed by atoms with van der Waals surface area (Å²) in [6, 6.07) is 0. The predicted octanol–water partition coefficient (Wildman–Crippen LogP) is 3.93. The van der Waals surface area contributed by atoms with Gasteiger partial charge in [0.05, 0.1) is 20.3 Å². The predicted molar refractivity (Wildman–Crippen MR) is 112 cm³/mol. The highest BCUT2D eigenvalue weighted by molar-refractivity contribution is 5.87. The highest BCUT2D eigenvalue weighted by Crippen LogP contribution is 2.09. The zero-order chi connectivity index (χ0) is 22.7. The first-order valence-corrected chi connectivity index (χ1v) is 9.72. The van der Waals surface area contributed by atoms with E-state index in [-0.39, 0.29) is 18.0 Å². The van der Waals surface area contributed by atoms with E-state index in [0.29, 0.717) is 37.4 Å². The van der Waals surface area contributed by atoms with Crippen LogP contribution < -0.4 is 0 Å². The molecule has 0 radical (unpaired) electrons. The normalized spacial score (nSPS) is 13.3. The molecule has 1 atom stereocenters. The van der Waals surface area contributed by atoms with Crippen LogP contribution in [0.25, 0.3) is 0 Å². The van der Waals surface area contributed by atoms with Crippen LogP contribution in [0.4, 0.5) is 0 Å². The maximum atomic E-state index is 11.1. The van der Waals surface area contributed by atoms with Gasteiger partial charge < -0.3 is 18.9 Å². The first kappa shape index (κ1) is 28.8. The van der Waals surface area contributed by atoms with E-state index in [9.17, 15) is 14.4 Å². The van der Waals surface area contributed by atoms with Crippen molar-refractivity contribution < 1.29 is 33.3 Å². The fourth-order valence-corrected chi connectivity index (χ4v) is 1.48. The van der Waals surface area contributed by atoms with Crippen LogP contribution in [0.1, 0.15) is 52.9 Å². The van der Waals surface area contributed by atoms with Gasteiger partial charge >= 0.3 is 17.9 Å². The van der Waals surface area contributed by atoms with Crippen molar-refractivity contribution >= 4 is 17.9 Å². The zero-order valence-corrected chi connectivity index (χ0v) is 18.3. The summed E-state index contributed by atoms with van der Waals surface area (Å²) in [6.45, 7) is 17.5. The van der Waals surface area contributed by atoms with Crippen molar-refractivity contribution in [3.8, 4) is 0 Å². The number of carbonyl (C=O) groups is 3. The third-order valence-electron chi connectivity index (χ3n) is 3.47. The number of methoxy groups -OCH3 is 1. The van der Waals surface area contributed by atoms with Crippen molar-refractivity contribution in [1.82, 2.24) is 0 Å². The Morgan fingerprint density at radius 2 is 1.69 bits per heavy atom. The highest BCUT2D eigenvalue weighted by Gasteiger charge is 2.24. The number of unbranched alkanes of at least 4 members (excludes halogenated alkanes) is 3. The standard InChI is InChI=1S/C11H20O2.C7H10O3.C4H6O2/c1-4-6-7-8-9-13-11(12)10(3)5-2;1-5(2)7(8)10-4-6-3-9-6;1-3-4(5)6-2/h3-9H2,1-2H3;6H,1,3-4H2,2H3;3H,1H2,2H3. The maximum absolute atomic E-state index is 11.1. The van der Waals surface area contributed by atoms with Gasteiger partial charge in [0.15, 0.2) is 0 Å². The second kappa shape index (κ2) is 18.9. The average molecular weight is 413 g/mol. The van der Waals surface area contributed by atoms with Gasteiger partial charge in [-0.05, 0) is 19.8 Å². The lowest BCUT2D eigenvalue weighted by Crippen LogP contribution is -2.09. The fraction of sp³-hybridized carbons (Fsp3) is 0.591. The number of ether oxygens (including phenoxy) is 4. The first-order valence-electron chi connectivity index (χ1n) is 9.72. The Kier molecular flexibility index (Phi) is 18.8. The molecular weight excluding hydrogens is 376 g/mol. The number of esters is 3. The molecule has 7 nitrogen and oxygen atoms in total. The van der Waals surface area contributed by atoms with Crippen molar-refractivity contribution in [3.63, 3.8) is 0 Å². The average Bonchev–Trinajstić information content (AvgIpc) is 3.55. The van der Waals surface area contributed by atoms with Gasteiger partial charge in [-0.15, -0.1) is 0 Å². The fourth-order valence-electron chi connectivity index (χ4n) is 1.48. The van der Waals surface area contributed by atoms with Crippen molar-refractivity contribution in [2.75, 3.05) is 26.9 Å². The smallest absolute Gasteiger partial charge is 0.333 e. The molecule has 0 N–H and O–H groups in total. The molecule has 0 aromatic heterocycles. The maximum Gasteiger partial charge on any atom is 0.333 e. The lowest BCUT2D eigenvalue weighted by Gasteiger charge is -2.04. The molecule has 166 valence electrons. The quantitative estimate of drug-likeness (QED) is 0.167. The molecule has 0 aromatic carbocycles. The first-order chi connectivity index (χ1) is 13.7. The number of epoxide rings is 1. The lowest BCUT2D eigenvalue weighted by molar-refractivity contribution is -0.140. The van der Waals surface area contributed by atoms with Gasteiger partial charge in [0, 0.05) is 17.2 Å². The van der Waals surface area contributed by atoms with Crippen LogP contribution in [0.5, 0.6) is 0 Å². The molecule has 0 spiro atoms. The molecule has 1 heterocycles. The van der Waals surface area contributed by atoms with Crippen LogP contribution >= 0.6 is 0 Å². The molecule has 0 bridgehead atoms. The van der Waals surface area contributed by atoms with Gasteiger partial charge in [-0.3, -0.25) is 0 Å². The minimum absolute atomic E-state index is 0.142. The van der Waals surface area contributed by atoms with Crippen LogP contribution in [0, 0.1) is 0 Å². The molecule has 1 fully saturated rings. The third-order valence-corrected chi connectivity index (χ3v) is 3.47. The highest BCUT2D eigenvalue weighted by atomic mass is 16.6. The summed E-state index contributed by atoms with van der Waals surface area (Å²) in [5.74, 6) is -0.968. The minimum Gasteiger partial charge on any atom is -0.466 e. The molecular formula is C22H36O7. The number of carbonyl (C=O) groups excluding carboxylic acids is 3. The second-order valence-electron chi connectivity index (χ2n) is 6.22. The van der Waals surface area contributed by atoms with Gasteiger partial charge in [-0.25, -0.2) is 14.4 Å². The van der Waals surface area contributed by atoms with Crippen LogP contribution in [0.15, 0.2) is 37.0 Å². The van der Waals surface area contributed by atoms with E-state index in [1.165, 1.54) is 20.0 Å². The number of hydrogen-bond acceptors (Lipinski definition) is 7. The van der Waals surface area contributed by atoms with Crippen molar-refractivity contribution in [2.24, 2.45) is 0 Å². The summed E-state index contributed by atoms with van der Waals surface area (Å²) in [5, 5.41) is 0. The van der Waals surface area contributed by atoms with Crippen molar-refractivity contribution in [3.05, 3.63) is 37.0 Å². The van der Waals surface area contributed by atoms with Crippen LogP contribution in [0.2, 0.25) is 0 Å². The summed E-state index contributed by atoms with van der Waals surface area (Å²) in [7, 11) is 1.31. The van der Waals surface area contributed by atoms with E-state index >= 15 is 0 Å². The van der Waals surface area contributed by atoms with E-state index in [4.69, 9.17) is 14.2 Å². The Labute approximate surface area is 174 Å². The SMILES string of the molecule is C=C(C)C(=O)OCC1CO1.C=C(CC)C(=O)OCCCCCC.C=CC(=O)OC. The van der Waals surface area contributed by atoms with Crippen LogP contribution in [0.3, 0.4) is 0 Å². The van der Waals surface area contributed by atoms with E-state index < -0.39 is 5.97 Å². The lowest BCUT2D eigenvalue weighted by atomic mass is 10.2. The summed E-state index contributed by atoms with van der Waals surface area (Å²) >= 11 is 0. The Bertz CT molecular complexity index is 533. The molecule has 0 aliphatic carbocycles. The van der Waals surface area contributed by atoms with Gasteiger partial charge in [0.2, 0.25) is 0 Å². The second-order valence-corrected chi connectivity index (χ2v) is 6.22. The molecule has 0 aromatic rings. The molecule has 1 aliphatic heterocycles. The van der Waals surface area contributed by atoms with E-state index in [0.717, 1.165) is 18.9 Å². The summed E-state index contributed by atoms with van der Waals surface area (Å²) in [5.41, 5.74) is 0.996. The largest absolute Gasteiger partial charge is 0.466 e. The van der Waals surface area contributed by atoms with Gasteiger partial charge in [0.1, 0.15) is 12.7 Å². The Morgan fingerprint density at radius 1 is 1.07 bits per heavy atom. The third kappa shape index (κ3) is 20.1. The van der Waals surface area contributed by atoms with Crippen LogP contribution in [-0.4, -0.2) is 50.9 Å². The molecule has 1 unspecified atom stereocenters. The molecule has 1 rings (SSSR count). The zero-order valence-electron chi connectivity index (χ0n) is 18.3. The van der Waals surface area contributed by atoms with Gasteiger partial charge in [-0.1, -0.05) is 52.8 Å². The molecule has 29 heavy (non-hydrogen) atoms. The van der Waals surface area contributed by atoms with E-state index in [2.05, 4.69) is 31.4 Å². The molecule has 0 saturated carbocycles. The molecule has 1 aliphatic rings. The molecule has 0 amide bonds. The number of hydrogen-bond donors (Lipinski definition) is 0. The molecule has 7 heteroatoms. The Hall–Kier alpha value is -2.41. The Morgan fingerprint density at radius 3 is 2.07 bits per heavy atom.